The molecule has 1 aliphatic heterocycles. The number of rotatable bonds is 3. The van der Waals surface area contributed by atoms with Gasteiger partial charge in [0.15, 0.2) is 5.17 Å². The van der Waals surface area contributed by atoms with E-state index < -0.39 is 0 Å². The Bertz CT molecular complexity index is 265. The van der Waals surface area contributed by atoms with Crippen LogP contribution in [0.2, 0.25) is 0 Å². The summed E-state index contributed by atoms with van der Waals surface area (Å²) < 4.78 is 0. The molecule has 0 radical (unpaired) electrons. The second kappa shape index (κ2) is 5.39. The van der Waals surface area contributed by atoms with Crippen molar-refractivity contribution in [3.05, 3.63) is 0 Å². The first-order valence-electron chi connectivity index (χ1n) is 5.23. The van der Waals surface area contributed by atoms with Crippen molar-refractivity contribution in [1.82, 2.24) is 10.6 Å². The number of carbonyl (C=O) groups is 1. The van der Waals surface area contributed by atoms with Crippen molar-refractivity contribution in [2.75, 3.05) is 13.6 Å². The Labute approximate surface area is 95.3 Å². The molecule has 1 aliphatic rings. The van der Waals surface area contributed by atoms with Gasteiger partial charge in [0.1, 0.15) is 6.04 Å². The minimum absolute atomic E-state index is 0.00806. The fourth-order valence-corrected chi connectivity index (χ4v) is 2.39. The fraction of sp³-hybridized carbons (Fsp3) is 0.800. The van der Waals surface area contributed by atoms with Gasteiger partial charge in [-0.15, -0.1) is 0 Å². The van der Waals surface area contributed by atoms with Crippen LogP contribution in [0.15, 0.2) is 4.99 Å². The van der Waals surface area contributed by atoms with Crippen LogP contribution in [0.1, 0.15) is 20.8 Å². The number of hydrogen-bond donors (Lipinski definition) is 2. The van der Waals surface area contributed by atoms with Gasteiger partial charge in [-0.3, -0.25) is 9.79 Å². The fourth-order valence-electron chi connectivity index (χ4n) is 1.28. The van der Waals surface area contributed by atoms with Gasteiger partial charge < -0.3 is 10.6 Å². The number of amidine groups is 1. The van der Waals surface area contributed by atoms with Crippen LogP contribution in [0.5, 0.6) is 0 Å². The summed E-state index contributed by atoms with van der Waals surface area (Å²) >= 11 is 1.73. The number of aliphatic imine (C=N–C) groups is 1. The molecule has 1 rings (SSSR count). The lowest BCUT2D eigenvalue weighted by atomic mass is 10.1. The number of hydrogen-bond acceptors (Lipinski definition) is 4. The van der Waals surface area contributed by atoms with E-state index in [1.807, 2.05) is 6.92 Å². The highest BCUT2D eigenvalue weighted by molar-refractivity contribution is 8.14. The molecule has 0 aromatic carbocycles. The third kappa shape index (κ3) is 3.41. The van der Waals surface area contributed by atoms with Crippen molar-refractivity contribution in [2.24, 2.45) is 10.9 Å². The Balaban J connectivity index is 2.39. The molecule has 0 saturated carbocycles. The maximum Gasteiger partial charge on any atom is 0.242 e. The van der Waals surface area contributed by atoms with E-state index in [1.165, 1.54) is 0 Å². The van der Waals surface area contributed by atoms with E-state index >= 15 is 0 Å². The van der Waals surface area contributed by atoms with E-state index in [0.717, 1.165) is 11.7 Å². The summed E-state index contributed by atoms with van der Waals surface area (Å²) in [7, 11) is 1.64. The summed E-state index contributed by atoms with van der Waals surface area (Å²) in [5.74, 6) is 0.611. The van der Waals surface area contributed by atoms with E-state index in [1.54, 1.807) is 18.8 Å². The van der Waals surface area contributed by atoms with Gasteiger partial charge in [-0.05, 0) is 12.8 Å². The minimum atomic E-state index is -0.216. The van der Waals surface area contributed by atoms with Gasteiger partial charge in [-0.2, -0.15) is 0 Å². The number of nitrogens with zero attached hydrogens (tertiary/aromatic N) is 1. The van der Waals surface area contributed by atoms with Gasteiger partial charge in [0.05, 0.1) is 6.54 Å². The summed E-state index contributed by atoms with van der Waals surface area (Å²) in [6.45, 7) is 7.08. The van der Waals surface area contributed by atoms with E-state index in [9.17, 15) is 4.79 Å². The quantitative estimate of drug-likeness (QED) is 0.754. The van der Waals surface area contributed by atoms with Gasteiger partial charge in [0, 0.05) is 12.3 Å². The third-order valence-electron chi connectivity index (χ3n) is 2.40. The molecular formula is C10H19N3OS. The number of carbonyl (C=O) groups excluding carboxylic acids is 1. The second-order valence-corrected chi connectivity index (χ2v) is 5.25. The first kappa shape index (κ1) is 12.4. The summed E-state index contributed by atoms with van der Waals surface area (Å²) in [6.07, 6.45) is 0. The van der Waals surface area contributed by atoms with Crippen molar-refractivity contribution in [2.45, 2.75) is 32.1 Å². The van der Waals surface area contributed by atoms with E-state index in [4.69, 9.17) is 0 Å². The van der Waals surface area contributed by atoms with Crippen LogP contribution in [-0.2, 0) is 4.79 Å². The van der Waals surface area contributed by atoms with Gasteiger partial charge >= 0.3 is 0 Å². The van der Waals surface area contributed by atoms with Crippen molar-refractivity contribution < 1.29 is 4.79 Å². The molecule has 0 spiro atoms. The summed E-state index contributed by atoms with van der Waals surface area (Å²) in [6, 6.07) is -0.216. The molecule has 4 nitrogen and oxygen atoms in total. The topological polar surface area (TPSA) is 53.5 Å². The van der Waals surface area contributed by atoms with Crippen LogP contribution in [0.4, 0.5) is 0 Å². The smallest absolute Gasteiger partial charge is 0.242 e. The largest absolute Gasteiger partial charge is 0.357 e. The Morgan fingerprint density at radius 1 is 1.53 bits per heavy atom. The average molecular weight is 229 g/mol. The van der Waals surface area contributed by atoms with Gasteiger partial charge in [-0.1, -0.05) is 25.6 Å². The predicted molar refractivity (Wildman–Crippen MR) is 65.2 cm³/mol. The lowest BCUT2D eigenvalue weighted by Crippen LogP contribution is -2.42. The lowest BCUT2D eigenvalue weighted by molar-refractivity contribution is -0.121. The normalized spacial score (nSPS) is 22.5. The molecule has 0 saturated heterocycles. The highest BCUT2D eigenvalue weighted by atomic mass is 32.2. The molecule has 0 aliphatic carbocycles. The molecular weight excluding hydrogens is 210 g/mol. The van der Waals surface area contributed by atoms with E-state index in [0.29, 0.717) is 11.2 Å². The SMILES string of the molecule is CNC(=O)C(C)NC1=NCC(C(C)C)S1. The van der Waals surface area contributed by atoms with Crippen LogP contribution >= 0.6 is 11.8 Å². The van der Waals surface area contributed by atoms with Crippen LogP contribution in [0.3, 0.4) is 0 Å². The molecule has 0 bridgehead atoms. The number of nitrogens with one attached hydrogen (secondary N) is 2. The molecule has 1 heterocycles. The van der Waals surface area contributed by atoms with Gasteiger partial charge in [-0.25, -0.2) is 0 Å². The van der Waals surface area contributed by atoms with Crippen molar-refractivity contribution in [1.29, 1.82) is 0 Å². The molecule has 86 valence electrons. The summed E-state index contributed by atoms with van der Waals surface area (Å²) in [5.41, 5.74) is 0. The maximum absolute atomic E-state index is 11.3. The Morgan fingerprint density at radius 2 is 2.20 bits per heavy atom. The standard InChI is InChI=1S/C10H19N3OS/c1-6(2)8-5-12-10(15-8)13-7(3)9(14)11-4/h6-8H,5H2,1-4H3,(H,11,14)(H,12,13). The maximum atomic E-state index is 11.3. The molecule has 15 heavy (non-hydrogen) atoms. The number of likely N-dealkylation sites (N-methyl/N-ethyl adjacent to an activating group) is 1. The molecule has 5 heteroatoms. The molecule has 2 atom stereocenters. The van der Waals surface area contributed by atoms with E-state index in [2.05, 4.69) is 29.5 Å². The molecule has 1 amide bonds. The number of amides is 1. The molecule has 2 N–H and O–H groups in total. The Morgan fingerprint density at radius 3 is 2.67 bits per heavy atom. The van der Waals surface area contributed by atoms with Crippen LogP contribution in [0.25, 0.3) is 0 Å². The second-order valence-electron chi connectivity index (χ2n) is 4.03. The Kier molecular flexibility index (Phi) is 4.45. The first-order chi connectivity index (χ1) is 7.04. The molecule has 0 aromatic heterocycles. The minimum Gasteiger partial charge on any atom is -0.357 e. The average Bonchev–Trinajstić information content (AvgIpc) is 2.65. The number of thioether (sulfide) groups is 1. The van der Waals surface area contributed by atoms with E-state index in [-0.39, 0.29) is 11.9 Å². The predicted octanol–water partition coefficient (Wildman–Crippen LogP) is 0.838. The van der Waals surface area contributed by atoms with Crippen molar-refractivity contribution in [3.63, 3.8) is 0 Å². The van der Waals surface area contributed by atoms with Crippen molar-refractivity contribution in [3.8, 4) is 0 Å². The third-order valence-corrected chi connectivity index (χ3v) is 3.87. The lowest BCUT2D eigenvalue weighted by Gasteiger charge is -2.15. The molecule has 0 aromatic rings. The first-order valence-corrected chi connectivity index (χ1v) is 6.11. The monoisotopic (exact) mass is 229 g/mol. The summed E-state index contributed by atoms with van der Waals surface area (Å²) in [5, 5.41) is 7.16. The van der Waals surface area contributed by atoms with Crippen LogP contribution in [-0.4, -0.2) is 36.0 Å². The highest BCUT2D eigenvalue weighted by Crippen LogP contribution is 2.25. The Hall–Kier alpha value is -0.710. The zero-order valence-corrected chi connectivity index (χ0v) is 10.5. The van der Waals surface area contributed by atoms with Crippen molar-refractivity contribution >= 4 is 22.8 Å². The zero-order valence-electron chi connectivity index (χ0n) is 9.70. The molecule has 0 fully saturated rings. The zero-order chi connectivity index (χ0) is 11.4. The van der Waals surface area contributed by atoms with Gasteiger partial charge in [0.2, 0.25) is 5.91 Å². The highest BCUT2D eigenvalue weighted by Gasteiger charge is 2.24. The molecule has 2 unspecified atom stereocenters. The van der Waals surface area contributed by atoms with Crippen LogP contribution < -0.4 is 10.6 Å². The van der Waals surface area contributed by atoms with Gasteiger partial charge in [0.25, 0.3) is 0 Å². The van der Waals surface area contributed by atoms with Crippen LogP contribution in [0, 0.1) is 5.92 Å². The summed E-state index contributed by atoms with van der Waals surface area (Å²) in [4.78, 5) is 15.7.